The molecule has 8 nitrogen and oxygen atoms in total. The molecule has 3 aromatic rings. The minimum atomic E-state index is -4.25. The zero-order chi connectivity index (χ0) is 32.0. The Morgan fingerprint density at radius 3 is 2.18 bits per heavy atom. The number of carbonyl (C=O) groups excluding carboxylic acids is 1. The average molecular weight is 678 g/mol. The lowest BCUT2D eigenvalue weighted by molar-refractivity contribution is -0.175. The van der Waals surface area contributed by atoms with Gasteiger partial charge in [-0.1, -0.05) is 53.5 Å². The Hall–Kier alpha value is -3.51. The highest BCUT2D eigenvalue weighted by molar-refractivity contribution is 7.93. The van der Waals surface area contributed by atoms with Crippen molar-refractivity contribution in [3.8, 4) is 0 Å². The molecule has 0 aromatic heterocycles. The highest BCUT2D eigenvalue weighted by Gasteiger charge is 2.49. The first kappa shape index (κ1) is 31.5. The topological polar surface area (TPSA) is 104 Å². The molecule has 236 valence electrons. The maximum absolute atomic E-state index is 15.3. The summed E-state index contributed by atoms with van der Waals surface area (Å²) in [4.78, 5) is 27.6. The fourth-order valence-electron chi connectivity index (χ4n) is 5.68. The van der Waals surface area contributed by atoms with Gasteiger partial charge in [0.2, 0.25) is 10.0 Å². The van der Waals surface area contributed by atoms with Crippen molar-refractivity contribution in [3.05, 3.63) is 111 Å². The molecule has 1 amide bonds. The van der Waals surface area contributed by atoms with E-state index in [1.807, 2.05) is 0 Å². The number of para-hydroxylation sites is 1. The Labute approximate surface area is 268 Å². The first-order valence-corrected chi connectivity index (χ1v) is 16.6. The summed E-state index contributed by atoms with van der Waals surface area (Å²) in [7, 11) is -4.25. The summed E-state index contributed by atoms with van der Waals surface area (Å²) in [5.41, 5.74) is 1.28. The number of morpholine rings is 1. The maximum atomic E-state index is 15.3. The van der Waals surface area contributed by atoms with Gasteiger partial charge in [0.1, 0.15) is 17.9 Å². The fourth-order valence-corrected chi connectivity index (χ4v) is 7.82. The smallest absolute Gasteiger partial charge is 0.306 e. The van der Waals surface area contributed by atoms with E-state index in [1.165, 1.54) is 4.90 Å². The molecule has 0 bridgehead atoms. The molecular weight excluding hydrogens is 649 g/mol. The number of benzene rings is 3. The molecule has 0 spiro atoms. The van der Waals surface area contributed by atoms with Gasteiger partial charge in [-0.2, -0.15) is 0 Å². The summed E-state index contributed by atoms with van der Waals surface area (Å²) in [6.07, 6.45) is -1.40. The van der Waals surface area contributed by atoms with E-state index in [2.05, 4.69) is 0 Å². The Balaban J connectivity index is 1.54. The van der Waals surface area contributed by atoms with Gasteiger partial charge in [-0.25, -0.2) is 17.2 Å². The lowest BCUT2D eigenvalue weighted by atomic mass is 9.90. The Morgan fingerprint density at radius 1 is 0.956 bits per heavy atom. The number of ether oxygens (including phenoxy) is 1. The predicted molar refractivity (Wildman–Crippen MR) is 164 cm³/mol. The van der Waals surface area contributed by atoms with Crippen molar-refractivity contribution < 1.29 is 36.6 Å². The van der Waals surface area contributed by atoms with Crippen molar-refractivity contribution >= 4 is 50.8 Å². The third kappa shape index (κ3) is 6.44. The SMILES string of the molecule is O=C(O)C[C@H]1O[C@H](c2cccc(Cl)c2)C(c2ccc(Cl)cc2)N(C(CN(c2c(F)cccc2F)S(=O)(=O)C2CC2)=C2CC2)C1=O. The van der Waals surface area contributed by atoms with Crippen LogP contribution in [0.15, 0.2) is 78.0 Å². The molecule has 2 aliphatic carbocycles. The van der Waals surface area contributed by atoms with Gasteiger partial charge < -0.3 is 14.7 Å². The quantitative estimate of drug-likeness (QED) is 0.253. The molecule has 45 heavy (non-hydrogen) atoms. The fraction of sp³-hybridized carbons (Fsp3) is 0.312. The van der Waals surface area contributed by atoms with E-state index in [0.29, 0.717) is 52.4 Å². The zero-order valence-electron chi connectivity index (χ0n) is 23.7. The number of carboxylic acid groups (broad SMARTS) is 1. The van der Waals surface area contributed by atoms with E-state index in [9.17, 15) is 23.1 Å². The van der Waals surface area contributed by atoms with Crippen LogP contribution in [0.1, 0.15) is 55.4 Å². The second kappa shape index (κ2) is 12.4. The number of aliphatic carboxylic acids is 1. The largest absolute Gasteiger partial charge is 0.481 e. The normalized spacial score (nSPS) is 21.5. The number of nitrogens with zero attached hydrogens (tertiary/aromatic N) is 2. The minimum Gasteiger partial charge on any atom is -0.481 e. The first-order valence-electron chi connectivity index (χ1n) is 14.3. The standard InChI is InChI=1S/C32H28Cl2F2N2O6S/c33-21-11-9-19(10-12-21)29-31(20-3-1-4-22(34)15-20)44-27(16-28(39)40)32(41)38(29)26(18-7-8-18)17-37(45(42,43)23-13-14-23)30-24(35)5-2-6-25(30)36/h1-6,9-12,15,23,27,29,31H,7-8,13-14,16-17H2,(H,39,40)/t27-,29?,31-/m1/s1. The van der Waals surface area contributed by atoms with Crippen LogP contribution in [-0.2, 0) is 24.3 Å². The summed E-state index contributed by atoms with van der Waals surface area (Å²) in [6.45, 7) is -0.552. The molecule has 1 saturated heterocycles. The van der Waals surface area contributed by atoms with Crippen molar-refractivity contribution in [2.24, 2.45) is 0 Å². The van der Waals surface area contributed by atoms with Gasteiger partial charge >= 0.3 is 5.97 Å². The van der Waals surface area contributed by atoms with Crippen molar-refractivity contribution in [1.29, 1.82) is 0 Å². The first-order chi connectivity index (χ1) is 21.5. The van der Waals surface area contributed by atoms with Gasteiger partial charge in [-0.05, 0) is 78.8 Å². The zero-order valence-corrected chi connectivity index (χ0v) is 26.0. The monoisotopic (exact) mass is 676 g/mol. The number of carbonyl (C=O) groups is 2. The van der Waals surface area contributed by atoms with Crippen LogP contribution >= 0.6 is 23.2 Å². The number of amides is 1. The molecule has 1 heterocycles. The van der Waals surface area contributed by atoms with Crippen LogP contribution in [0.4, 0.5) is 14.5 Å². The van der Waals surface area contributed by atoms with Crippen LogP contribution in [0.2, 0.25) is 10.0 Å². The maximum Gasteiger partial charge on any atom is 0.306 e. The molecule has 3 aromatic carbocycles. The lowest BCUT2D eigenvalue weighted by Gasteiger charge is -2.46. The molecule has 3 aliphatic rings. The molecule has 1 aliphatic heterocycles. The minimum absolute atomic E-state index is 0.220. The molecule has 6 rings (SSSR count). The van der Waals surface area contributed by atoms with E-state index in [4.69, 9.17) is 27.9 Å². The van der Waals surface area contributed by atoms with Gasteiger partial charge in [-0.3, -0.25) is 13.9 Å². The number of hydrogen-bond acceptors (Lipinski definition) is 5. The second-order valence-corrected chi connectivity index (χ2v) is 14.3. The van der Waals surface area contributed by atoms with Crippen LogP contribution < -0.4 is 4.31 Å². The predicted octanol–water partition coefficient (Wildman–Crippen LogP) is 6.80. The van der Waals surface area contributed by atoms with E-state index in [0.717, 1.165) is 22.5 Å². The molecule has 2 saturated carbocycles. The molecule has 3 atom stereocenters. The lowest BCUT2D eigenvalue weighted by Crippen LogP contribution is -2.53. The summed E-state index contributed by atoms with van der Waals surface area (Å²) < 4.78 is 65.1. The molecular formula is C32H28Cl2F2N2O6S. The van der Waals surface area contributed by atoms with Gasteiger partial charge in [0.15, 0.2) is 11.6 Å². The van der Waals surface area contributed by atoms with Gasteiger partial charge in [-0.15, -0.1) is 0 Å². The van der Waals surface area contributed by atoms with E-state index >= 15 is 8.78 Å². The second-order valence-electron chi connectivity index (χ2n) is 11.3. The number of allylic oxidation sites excluding steroid dienone is 1. The molecule has 1 unspecified atom stereocenters. The summed E-state index contributed by atoms with van der Waals surface area (Å²) in [6, 6.07) is 15.5. The Bertz CT molecular complexity index is 1770. The Morgan fingerprint density at radius 2 is 1.60 bits per heavy atom. The molecule has 3 fully saturated rings. The summed E-state index contributed by atoms with van der Waals surface area (Å²) in [5.74, 6) is -4.14. The molecule has 0 radical (unpaired) electrons. The molecule has 13 heteroatoms. The summed E-state index contributed by atoms with van der Waals surface area (Å²) in [5, 5.41) is 9.68. The van der Waals surface area contributed by atoms with Crippen molar-refractivity contribution in [1.82, 2.24) is 4.90 Å². The van der Waals surface area contributed by atoms with Crippen molar-refractivity contribution in [2.45, 2.75) is 55.6 Å². The third-order valence-corrected chi connectivity index (χ3v) is 10.8. The van der Waals surface area contributed by atoms with Crippen LogP contribution in [0.5, 0.6) is 0 Å². The van der Waals surface area contributed by atoms with Crippen LogP contribution in [0, 0.1) is 11.6 Å². The average Bonchev–Trinajstić information content (AvgIpc) is 3.90. The van der Waals surface area contributed by atoms with E-state index in [1.54, 1.807) is 48.5 Å². The van der Waals surface area contributed by atoms with Gasteiger partial charge in [0.05, 0.1) is 24.3 Å². The van der Waals surface area contributed by atoms with Crippen LogP contribution in [-0.4, -0.2) is 48.2 Å². The van der Waals surface area contributed by atoms with Crippen LogP contribution in [0.25, 0.3) is 0 Å². The van der Waals surface area contributed by atoms with Gasteiger partial charge in [0.25, 0.3) is 5.91 Å². The highest BCUT2D eigenvalue weighted by atomic mass is 35.5. The van der Waals surface area contributed by atoms with Crippen molar-refractivity contribution in [2.75, 3.05) is 10.8 Å². The van der Waals surface area contributed by atoms with Crippen LogP contribution in [0.3, 0.4) is 0 Å². The van der Waals surface area contributed by atoms with E-state index < -0.39 is 75.7 Å². The Kier molecular flexibility index (Phi) is 8.64. The molecule has 1 N–H and O–H groups in total. The number of rotatable bonds is 10. The number of hydrogen-bond donors (Lipinski definition) is 1. The highest BCUT2D eigenvalue weighted by Crippen LogP contribution is 2.48. The number of anilines is 1. The summed E-state index contributed by atoms with van der Waals surface area (Å²) >= 11 is 12.5. The third-order valence-electron chi connectivity index (χ3n) is 8.07. The van der Waals surface area contributed by atoms with Gasteiger partial charge in [0, 0.05) is 15.7 Å². The number of sulfonamides is 1. The van der Waals surface area contributed by atoms with E-state index in [-0.39, 0.29) is 5.70 Å². The number of carboxylic acids is 1. The van der Waals surface area contributed by atoms with Crippen molar-refractivity contribution in [3.63, 3.8) is 0 Å². The number of halogens is 4.